The Morgan fingerprint density at radius 1 is 1.29 bits per heavy atom. The predicted molar refractivity (Wildman–Crippen MR) is 52.7 cm³/mol. The molecule has 0 fully saturated rings. The first-order chi connectivity index (χ1) is 6.90. The van der Waals surface area contributed by atoms with E-state index < -0.39 is 0 Å². The van der Waals surface area contributed by atoms with E-state index in [0.29, 0.717) is 6.61 Å². The van der Waals surface area contributed by atoms with Gasteiger partial charge >= 0.3 is 0 Å². The lowest BCUT2D eigenvalue weighted by atomic mass is 10.2. The summed E-state index contributed by atoms with van der Waals surface area (Å²) in [4.78, 5) is 0. The molecular weight excluding hydrogens is 178 g/mol. The molecule has 0 atom stereocenters. The Morgan fingerprint density at radius 2 is 2.07 bits per heavy atom. The molecule has 3 heteroatoms. The van der Waals surface area contributed by atoms with Crippen molar-refractivity contribution >= 4 is 0 Å². The highest BCUT2D eigenvalue weighted by atomic mass is 16.5. The number of aromatic nitrogens is 1. The van der Waals surface area contributed by atoms with E-state index in [9.17, 15) is 0 Å². The van der Waals surface area contributed by atoms with E-state index in [0.717, 1.165) is 17.0 Å². The van der Waals surface area contributed by atoms with Crippen molar-refractivity contribution in [1.82, 2.24) is 5.16 Å². The van der Waals surface area contributed by atoms with Gasteiger partial charge in [0, 0.05) is 18.7 Å². The van der Waals surface area contributed by atoms with Crippen molar-refractivity contribution in [3.8, 4) is 11.3 Å². The van der Waals surface area contributed by atoms with Crippen LogP contribution in [0.4, 0.5) is 0 Å². The molecule has 1 heterocycles. The lowest BCUT2D eigenvalue weighted by Gasteiger charge is -1.91. The second kappa shape index (κ2) is 4.07. The Kier molecular flexibility index (Phi) is 2.60. The molecule has 0 spiro atoms. The van der Waals surface area contributed by atoms with Crippen LogP contribution in [-0.2, 0) is 11.3 Å². The third-order valence-electron chi connectivity index (χ3n) is 1.91. The van der Waals surface area contributed by atoms with Crippen molar-refractivity contribution in [1.29, 1.82) is 0 Å². The van der Waals surface area contributed by atoms with Crippen LogP contribution < -0.4 is 0 Å². The van der Waals surface area contributed by atoms with E-state index in [1.807, 2.05) is 36.4 Å². The summed E-state index contributed by atoms with van der Waals surface area (Å²) in [7, 11) is 1.64. The van der Waals surface area contributed by atoms with E-state index in [2.05, 4.69) is 5.16 Å². The van der Waals surface area contributed by atoms with Gasteiger partial charge in [0.2, 0.25) is 0 Å². The maximum Gasteiger partial charge on any atom is 0.167 e. The van der Waals surface area contributed by atoms with Crippen LogP contribution in [0.1, 0.15) is 5.69 Å². The van der Waals surface area contributed by atoms with Crippen LogP contribution in [0.25, 0.3) is 11.3 Å². The van der Waals surface area contributed by atoms with Gasteiger partial charge in [-0.1, -0.05) is 35.5 Å². The summed E-state index contributed by atoms with van der Waals surface area (Å²) in [5.41, 5.74) is 1.84. The Bertz CT molecular complexity index is 395. The first-order valence-corrected chi connectivity index (χ1v) is 4.40. The van der Waals surface area contributed by atoms with Gasteiger partial charge in [0.25, 0.3) is 0 Å². The van der Waals surface area contributed by atoms with Crippen LogP contribution in [0.5, 0.6) is 0 Å². The highest BCUT2D eigenvalue weighted by Crippen LogP contribution is 2.19. The van der Waals surface area contributed by atoms with E-state index >= 15 is 0 Å². The van der Waals surface area contributed by atoms with E-state index in [1.165, 1.54) is 0 Å². The van der Waals surface area contributed by atoms with Gasteiger partial charge < -0.3 is 9.26 Å². The van der Waals surface area contributed by atoms with E-state index in [4.69, 9.17) is 9.26 Å². The largest absolute Gasteiger partial charge is 0.378 e. The molecule has 0 saturated carbocycles. The highest BCUT2D eigenvalue weighted by Gasteiger charge is 2.04. The smallest absolute Gasteiger partial charge is 0.167 e. The fourth-order valence-corrected chi connectivity index (χ4v) is 1.27. The minimum absolute atomic E-state index is 0.482. The maximum atomic E-state index is 5.17. The van der Waals surface area contributed by atoms with Gasteiger partial charge in [0.15, 0.2) is 5.76 Å². The molecule has 0 aliphatic rings. The molecule has 0 amide bonds. The summed E-state index contributed by atoms with van der Waals surface area (Å²) in [5, 5.41) is 3.88. The van der Waals surface area contributed by atoms with Crippen LogP contribution in [0.3, 0.4) is 0 Å². The molecule has 0 saturated heterocycles. The third-order valence-corrected chi connectivity index (χ3v) is 1.91. The molecule has 2 aromatic rings. The number of hydrogen-bond donors (Lipinski definition) is 0. The molecule has 0 aliphatic heterocycles. The van der Waals surface area contributed by atoms with Crippen molar-refractivity contribution in [2.45, 2.75) is 6.61 Å². The summed E-state index contributed by atoms with van der Waals surface area (Å²) in [6, 6.07) is 11.8. The number of nitrogens with zero attached hydrogens (tertiary/aromatic N) is 1. The molecule has 14 heavy (non-hydrogen) atoms. The van der Waals surface area contributed by atoms with Crippen molar-refractivity contribution in [2.75, 3.05) is 7.11 Å². The van der Waals surface area contributed by atoms with Gasteiger partial charge in [0.1, 0.15) is 5.69 Å². The molecule has 0 bridgehead atoms. The van der Waals surface area contributed by atoms with Gasteiger partial charge in [-0.25, -0.2) is 0 Å². The van der Waals surface area contributed by atoms with Crippen molar-refractivity contribution in [3.63, 3.8) is 0 Å². The van der Waals surface area contributed by atoms with Gasteiger partial charge in [-0.3, -0.25) is 0 Å². The summed E-state index contributed by atoms with van der Waals surface area (Å²) in [5.74, 6) is 0.776. The standard InChI is InChI=1S/C11H11NO2/c1-13-8-10-7-11(14-12-10)9-5-3-2-4-6-9/h2-7H,8H2,1H3. The average Bonchev–Trinajstić information content (AvgIpc) is 2.68. The van der Waals surface area contributed by atoms with Crippen molar-refractivity contribution in [2.24, 2.45) is 0 Å². The maximum absolute atomic E-state index is 5.17. The molecule has 0 N–H and O–H groups in total. The van der Waals surface area contributed by atoms with Crippen LogP contribution in [-0.4, -0.2) is 12.3 Å². The molecule has 72 valence electrons. The zero-order valence-electron chi connectivity index (χ0n) is 7.93. The predicted octanol–water partition coefficient (Wildman–Crippen LogP) is 2.49. The van der Waals surface area contributed by atoms with Crippen LogP contribution in [0.2, 0.25) is 0 Å². The summed E-state index contributed by atoms with van der Waals surface area (Å²) < 4.78 is 10.1. The van der Waals surface area contributed by atoms with Gasteiger partial charge in [0.05, 0.1) is 6.61 Å². The topological polar surface area (TPSA) is 35.3 Å². The molecule has 0 aliphatic carbocycles. The zero-order valence-corrected chi connectivity index (χ0v) is 7.93. The Labute approximate surface area is 82.3 Å². The molecular formula is C11H11NO2. The second-order valence-electron chi connectivity index (χ2n) is 2.98. The first kappa shape index (κ1) is 8.97. The third kappa shape index (κ3) is 1.83. The van der Waals surface area contributed by atoms with Gasteiger partial charge in [-0.15, -0.1) is 0 Å². The molecule has 0 unspecified atom stereocenters. The fraction of sp³-hybridized carbons (Fsp3) is 0.182. The normalized spacial score (nSPS) is 10.4. The number of ether oxygens (including phenoxy) is 1. The second-order valence-corrected chi connectivity index (χ2v) is 2.98. The Hall–Kier alpha value is -1.61. The van der Waals surface area contributed by atoms with Crippen LogP contribution >= 0.6 is 0 Å². The van der Waals surface area contributed by atoms with Gasteiger partial charge in [-0.2, -0.15) is 0 Å². The quantitative estimate of drug-likeness (QED) is 0.744. The van der Waals surface area contributed by atoms with E-state index in [-0.39, 0.29) is 0 Å². The first-order valence-electron chi connectivity index (χ1n) is 4.40. The van der Waals surface area contributed by atoms with Gasteiger partial charge in [-0.05, 0) is 0 Å². The molecule has 3 nitrogen and oxygen atoms in total. The number of benzene rings is 1. The molecule has 1 aromatic carbocycles. The summed E-state index contributed by atoms with van der Waals surface area (Å²) >= 11 is 0. The zero-order chi connectivity index (χ0) is 9.80. The summed E-state index contributed by atoms with van der Waals surface area (Å²) in [6.45, 7) is 0.482. The van der Waals surface area contributed by atoms with Crippen molar-refractivity contribution < 1.29 is 9.26 Å². The minimum Gasteiger partial charge on any atom is -0.378 e. The molecule has 1 aromatic heterocycles. The minimum atomic E-state index is 0.482. The molecule has 0 radical (unpaired) electrons. The lowest BCUT2D eigenvalue weighted by Crippen LogP contribution is -1.84. The lowest BCUT2D eigenvalue weighted by molar-refractivity contribution is 0.177. The fourth-order valence-electron chi connectivity index (χ4n) is 1.27. The number of rotatable bonds is 3. The van der Waals surface area contributed by atoms with E-state index in [1.54, 1.807) is 7.11 Å². The molecule has 2 rings (SSSR count). The number of methoxy groups -OCH3 is 1. The van der Waals surface area contributed by atoms with Crippen LogP contribution in [0.15, 0.2) is 40.9 Å². The Balaban J connectivity index is 2.25. The van der Waals surface area contributed by atoms with Crippen molar-refractivity contribution in [3.05, 3.63) is 42.1 Å². The van der Waals surface area contributed by atoms with Crippen LogP contribution in [0, 0.1) is 0 Å². The monoisotopic (exact) mass is 189 g/mol. The Morgan fingerprint density at radius 3 is 2.79 bits per heavy atom. The average molecular weight is 189 g/mol. The summed E-state index contributed by atoms with van der Waals surface area (Å²) in [6.07, 6.45) is 0. The SMILES string of the molecule is COCc1cc(-c2ccccc2)on1. The highest BCUT2D eigenvalue weighted by molar-refractivity contribution is 5.56. The number of hydrogen-bond acceptors (Lipinski definition) is 3.